The molecule has 0 aromatic carbocycles. The van der Waals surface area contributed by atoms with Crippen molar-refractivity contribution in [1.29, 1.82) is 0 Å². The van der Waals surface area contributed by atoms with Crippen LogP contribution in [0.4, 0.5) is 0 Å². The quantitative estimate of drug-likeness (QED) is 0.470. The van der Waals surface area contributed by atoms with Gasteiger partial charge in [-0.1, -0.05) is 0 Å². The Labute approximate surface area is 49.1 Å². The van der Waals surface area contributed by atoms with E-state index < -0.39 is 11.7 Å². The van der Waals surface area contributed by atoms with Crippen molar-refractivity contribution in [3.8, 4) is 0 Å². The van der Waals surface area contributed by atoms with E-state index in [2.05, 4.69) is 6.92 Å². The molecule has 1 fully saturated rings. The second-order valence-corrected chi connectivity index (χ2v) is 2.51. The summed E-state index contributed by atoms with van der Waals surface area (Å²) < 4.78 is 0. The zero-order valence-electron chi connectivity index (χ0n) is 4.80. The lowest BCUT2D eigenvalue weighted by Crippen LogP contribution is -2.33. The molecule has 1 saturated carbocycles. The van der Waals surface area contributed by atoms with Crippen LogP contribution in [0.25, 0.3) is 0 Å². The SMILES string of the molecule is [CH2]C1(O)CCCC1O. The standard InChI is InChI=1S/C6H11O2/c1-6(8)4-2-3-5(6)7/h5,7-8H,1-4H2. The molecule has 0 bridgehead atoms. The third-order valence-corrected chi connectivity index (χ3v) is 1.71. The van der Waals surface area contributed by atoms with Crippen molar-refractivity contribution >= 4 is 0 Å². The minimum atomic E-state index is -1.04. The van der Waals surface area contributed by atoms with E-state index in [1.165, 1.54) is 0 Å². The number of hydrogen-bond donors (Lipinski definition) is 2. The first-order valence-electron chi connectivity index (χ1n) is 2.89. The summed E-state index contributed by atoms with van der Waals surface area (Å²) in [5.41, 5.74) is -1.04. The maximum absolute atomic E-state index is 9.10. The lowest BCUT2D eigenvalue weighted by atomic mass is 10.0. The fraction of sp³-hybridized carbons (Fsp3) is 0.833. The van der Waals surface area contributed by atoms with Crippen LogP contribution >= 0.6 is 0 Å². The van der Waals surface area contributed by atoms with Gasteiger partial charge in [0.1, 0.15) is 0 Å². The van der Waals surface area contributed by atoms with Crippen LogP contribution in [0.1, 0.15) is 19.3 Å². The Morgan fingerprint density at radius 3 is 2.38 bits per heavy atom. The molecule has 0 aromatic rings. The zero-order valence-corrected chi connectivity index (χ0v) is 4.80. The molecule has 0 aliphatic heterocycles. The van der Waals surface area contributed by atoms with Crippen molar-refractivity contribution in [2.75, 3.05) is 0 Å². The summed E-state index contributed by atoms with van der Waals surface area (Å²) in [6, 6.07) is 0. The van der Waals surface area contributed by atoms with Crippen LogP contribution in [0.3, 0.4) is 0 Å². The van der Waals surface area contributed by atoms with Gasteiger partial charge in [-0.2, -0.15) is 0 Å². The first-order valence-corrected chi connectivity index (χ1v) is 2.89. The highest BCUT2D eigenvalue weighted by atomic mass is 16.3. The molecule has 0 amide bonds. The van der Waals surface area contributed by atoms with Crippen molar-refractivity contribution in [1.82, 2.24) is 0 Å². The van der Waals surface area contributed by atoms with Crippen LogP contribution in [0.15, 0.2) is 0 Å². The average Bonchev–Trinajstić information content (AvgIpc) is 1.86. The zero-order chi connectivity index (χ0) is 6.20. The summed E-state index contributed by atoms with van der Waals surface area (Å²) in [4.78, 5) is 0. The maximum atomic E-state index is 9.10. The van der Waals surface area contributed by atoms with Gasteiger partial charge < -0.3 is 10.2 Å². The molecule has 1 aliphatic carbocycles. The van der Waals surface area contributed by atoms with E-state index in [-0.39, 0.29) is 0 Å². The molecule has 2 nitrogen and oxygen atoms in total. The second kappa shape index (κ2) is 1.71. The molecule has 2 heteroatoms. The van der Waals surface area contributed by atoms with Gasteiger partial charge in [-0.3, -0.25) is 0 Å². The Kier molecular flexibility index (Phi) is 1.29. The van der Waals surface area contributed by atoms with Crippen molar-refractivity contribution in [2.24, 2.45) is 0 Å². The lowest BCUT2D eigenvalue weighted by Gasteiger charge is -2.19. The molecule has 0 saturated heterocycles. The van der Waals surface area contributed by atoms with E-state index in [9.17, 15) is 0 Å². The first-order chi connectivity index (χ1) is 3.63. The van der Waals surface area contributed by atoms with Gasteiger partial charge in [0.25, 0.3) is 0 Å². The van der Waals surface area contributed by atoms with Crippen LogP contribution < -0.4 is 0 Å². The molecule has 8 heavy (non-hydrogen) atoms. The maximum Gasteiger partial charge on any atom is 0.0906 e. The van der Waals surface area contributed by atoms with Crippen molar-refractivity contribution < 1.29 is 10.2 Å². The van der Waals surface area contributed by atoms with E-state index in [1.807, 2.05) is 0 Å². The summed E-state index contributed by atoms with van der Waals surface area (Å²) >= 11 is 0. The fourth-order valence-electron chi connectivity index (χ4n) is 1.04. The molecule has 0 spiro atoms. The van der Waals surface area contributed by atoms with E-state index in [0.29, 0.717) is 12.8 Å². The van der Waals surface area contributed by atoms with Crippen LogP contribution in [0, 0.1) is 6.92 Å². The third kappa shape index (κ3) is 0.858. The van der Waals surface area contributed by atoms with Gasteiger partial charge in [-0.15, -0.1) is 0 Å². The number of aliphatic hydroxyl groups is 2. The van der Waals surface area contributed by atoms with Crippen LogP contribution in [-0.2, 0) is 0 Å². The van der Waals surface area contributed by atoms with E-state index in [4.69, 9.17) is 10.2 Å². The molecule has 2 atom stereocenters. The highest BCUT2D eigenvalue weighted by molar-refractivity contribution is 4.94. The predicted molar refractivity (Wildman–Crippen MR) is 30.2 cm³/mol. The number of aliphatic hydroxyl groups excluding tert-OH is 1. The first kappa shape index (κ1) is 6.05. The van der Waals surface area contributed by atoms with Crippen molar-refractivity contribution in [2.45, 2.75) is 31.0 Å². The topological polar surface area (TPSA) is 40.5 Å². The van der Waals surface area contributed by atoms with Crippen LogP contribution in [-0.4, -0.2) is 21.9 Å². The van der Waals surface area contributed by atoms with Crippen LogP contribution in [0.5, 0.6) is 0 Å². The smallest absolute Gasteiger partial charge is 0.0906 e. The van der Waals surface area contributed by atoms with Gasteiger partial charge in [0.05, 0.1) is 11.7 Å². The molecule has 0 heterocycles. The molecule has 1 aliphatic rings. The van der Waals surface area contributed by atoms with Crippen LogP contribution in [0.2, 0.25) is 0 Å². The normalized spacial score (nSPS) is 47.6. The molecular weight excluding hydrogens is 104 g/mol. The molecule has 2 unspecified atom stereocenters. The fourth-order valence-corrected chi connectivity index (χ4v) is 1.04. The summed E-state index contributed by atoms with van der Waals surface area (Å²) in [6.45, 7) is 3.46. The Balaban J connectivity index is 2.54. The molecule has 0 aromatic heterocycles. The van der Waals surface area contributed by atoms with E-state index in [0.717, 1.165) is 6.42 Å². The number of rotatable bonds is 0. The molecule has 1 rings (SSSR count). The molecular formula is C6H11O2. The lowest BCUT2D eigenvalue weighted by molar-refractivity contribution is -0.0179. The summed E-state index contributed by atoms with van der Waals surface area (Å²) in [7, 11) is 0. The van der Waals surface area contributed by atoms with Crippen molar-refractivity contribution in [3.63, 3.8) is 0 Å². The van der Waals surface area contributed by atoms with Gasteiger partial charge in [0.15, 0.2) is 0 Å². The van der Waals surface area contributed by atoms with Crippen molar-refractivity contribution in [3.05, 3.63) is 6.92 Å². The Morgan fingerprint density at radius 1 is 1.62 bits per heavy atom. The molecule has 1 radical (unpaired) electrons. The third-order valence-electron chi connectivity index (χ3n) is 1.71. The highest BCUT2D eigenvalue weighted by Gasteiger charge is 2.34. The minimum absolute atomic E-state index is 0.595. The minimum Gasteiger partial charge on any atom is -0.390 e. The summed E-state index contributed by atoms with van der Waals surface area (Å²) in [6.07, 6.45) is 1.62. The predicted octanol–water partition coefficient (Wildman–Crippen LogP) is 0.0964. The number of hydrogen-bond acceptors (Lipinski definition) is 2. The summed E-state index contributed by atoms with van der Waals surface area (Å²) in [5.74, 6) is 0. The Morgan fingerprint density at radius 2 is 2.25 bits per heavy atom. The average molecular weight is 115 g/mol. The van der Waals surface area contributed by atoms with Gasteiger partial charge in [0, 0.05) is 0 Å². The largest absolute Gasteiger partial charge is 0.390 e. The van der Waals surface area contributed by atoms with Gasteiger partial charge in [0.2, 0.25) is 0 Å². The van der Waals surface area contributed by atoms with E-state index >= 15 is 0 Å². The summed E-state index contributed by atoms with van der Waals surface area (Å²) in [5, 5.41) is 18.0. The molecule has 47 valence electrons. The van der Waals surface area contributed by atoms with Gasteiger partial charge >= 0.3 is 0 Å². The second-order valence-electron chi connectivity index (χ2n) is 2.51. The highest BCUT2D eigenvalue weighted by Crippen LogP contribution is 2.28. The monoisotopic (exact) mass is 115 g/mol. The van der Waals surface area contributed by atoms with Gasteiger partial charge in [-0.05, 0) is 26.2 Å². The van der Waals surface area contributed by atoms with E-state index in [1.54, 1.807) is 0 Å². The Hall–Kier alpha value is -0.0800. The Bertz CT molecular complexity index is 88.5. The van der Waals surface area contributed by atoms with Gasteiger partial charge in [-0.25, -0.2) is 0 Å². The molecule has 2 N–H and O–H groups in total.